The zero-order valence-electron chi connectivity index (χ0n) is 16.7. The van der Waals surface area contributed by atoms with Gasteiger partial charge in [0.15, 0.2) is 6.61 Å². The van der Waals surface area contributed by atoms with Gasteiger partial charge in [0.1, 0.15) is 17.3 Å². The SMILES string of the molecule is COc1nc(OCC(F)F)ccc1CNC(=O)c1cc(C)nc(CC(=O)C2CC2)n1. The molecule has 0 unspecified atom stereocenters. The van der Waals surface area contributed by atoms with E-state index in [1.165, 1.54) is 19.2 Å². The van der Waals surface area contributed by atoms with E-state index >= 15 is 0 Å². The molecule has 0 aliphatic heterocycles. The van der Waals surface area contributed by atoms with Gasteiger partial charge in [0.25, 0.3) is 12.3 Å². The first-order valence-electron chi connectivity index (χ1n) is 9.46. The zero-order chi connectivity index (χ0) is 21.7. The minimum absolute atomic E-state index is 0.00127. The van der Waals surface area contributed by atoms with Crippen LogP contribution in [0.1, 0.15) is 40.4 Å². The van der Waals surface area contributed by atoms with Crippen molar-refractivity contribution in [3.63, 3.8) is 0 Å². The maximum Gasteiger partial charge on any atom is 0.272 e. The Morgan fingerprint density at radius 2 is 2.00 bits per heavy atom. The first kappa shape index (κ1) is 21.5. The first-order valence-corrected chi connectivity index (χ1v) is 9.46. The van der Waals surface area contributed by atoms with E-state index in [1.807, 2.05) is 0 Å². The van der Waals surface area contributed by atoms with Crippen molar-refractivity contribution in [2.24, 2.45) is 5.92 Å². The van der Waals surface area contributed by atoms with Crippen LogP contribution in [0.4, 0.5) is 8.78 Å². The summed E-state index contributed by atoms with van der Waals surface area (Å²) in [5, 5.41) is 2.71. The summed E-state index contributed by atoms with van der Waals surface area (Å²) in [6, 6.07) is 4.53. The number of ketones is 1. The van der Waals surface area contributed by atoms with Gasteiger partial charge in [-0.25, -0.2) is 18.7 Å². The second-order valence-electron chi connectivity index (χ2n) is 6.93. The molecule has 160 valence electrons. The van der Waals surface area contributed by atoms with Crippen molar-refractivity contribution in [3.05, 3.63) is 41.0 Å². The minimum atomic E-state index is -2.61. The van der Waals surface area contributed by atoms with Gasteiger partial charge in [-0.15, -0.1) is 0 Å². The second kappa shape index (κ2) is 9.55. The summed E-state index contributed by atoms with van der Waals surface area (Å²) in [7, 11) is 1.38. The minimum Gasteiger partial charge on any atom is -0.481 e. The summed E-state index contributed by atoms with van der Waals surface area (Å²) in [6.07, 6.45) is -0.693. The van der Waals surface area contributed by atoms with Crippen LogP contribution < -0.4 is 14.8 Å². The number of rotatable bonds is 10. The molecule has 3 rings (SSSR count). The number of aromatic nitrogens is 3. The van der Waals surface area contributed by atoms with E-state index in [2.05, 4.69) is 20.3 Å². The van der Waals surface area contributed by atoms with Crippen molar-refractivity contribution in [2.75, 3.05) is 13.7 Å². The Hall–Kier alpha value is -3.17. The first-order chi connectivity index (χ1) is 14.4. The van der Waals surface area contributed by atoms with Gasteiger partial charge in [-0.05, 0) is 31.9 Å². The normalized spacial score (nSPS) is 13.2. The number of Topliss-reactive ketones (excluding diaryl/α,β-unsaturated/α-hetero) is 1. The number of ether oxygens (including phenoxy) is 2. The summed E-state index contributed by atoms with van der Waals surface area (Å²) < 4.78 is 34.5. The molecule has 8 nitrogen and oxygen atoms in total. The van der Waals surface area contributed by atoms with Gasteiger partial charge in [-0.3, -0.25) is 9.59 Å². The van der Waals surface area contributed by atoms with Crippen molar-refractivity contribution in [2.45, 2.75) is 39.2 Å². The number of pyridine rings is 1. The third kappa shape index (κ3) is 5.91. The molecule has 30 heavy (non-hydrogen) atoms. The maximum absolute atomic E-state index is 12.5. The van der Waals surface area contributed by atoms with E-state index in [1.54, 1.807) is 13.0 Å². The zero-order valence-corrected chi connectivity index (χ0v) is 16.7. The Morgan fingerprint density at radius 1 is 1.23 bits per heavy atom. The summed E-state index contributed by atoms with van der Waals surface area (Å²) >= 11 is 0. The van der Waals surface area contributed by atoms with E-state index in [0.29, 0.717) is 17.1 Å². The van der Waals surface area contributed by atoms with Crippen molar-refractivity contribution < 1.29 is 27.8 Å². The molecule has 1 N–H and O–H groups in total. The van der Waals surface area contributed by atoms with Crippen molar-refractivity contribution in [3.8, 4) is 11.8 Å². The molecule has 2 aromatic heterocycles. The van der Waals surface area contributed by atoms with Crippen LogP contribution in [0.15, 0.2) is 18.2 Å². The van der Waals surface area contributed by atoms with Crippen molar-refractivity contribution in [1.29, 1.82) is 0 Å². The van der Waals surface area contributed by atoms with Crippen LogP contribution in [0.5, 0.6) is 11.8 Å². The maximum atomic E-state index is 12.5. The van der Waals surface area contributed by atoms with E-state index in [0.717, 1.165) is 12.8 Å². The number of alkyl halides is 2. The number of carbonyl (C=O) groups is 2. The Kier molecular flexibility index (Phi) is 6.86. The lowest BCUT2D eigenvalue weighted by atomic mass is 10.2. The fourth-order valence-electron chi connectivity index (χ4n) is 2.79. The average molecular weight is 420 g/mol. The molecule has 1 aliphatic rings. The highest BCUT2D eigenvalue weighted by atomic mass is 19.3. The van der Waals surface area contributed by atoms with E-state index in [4.69, 9.17) is 9.47 Å². The molecule has 0 saturated heterocycles. The van der Waals surface area contributed by atoms with Crippen LogP contribution in [0, 0.1) is 12.8 Å². The van der Waals surface area contributed by atoms with Gasteiger partial charge < -0.3 is 14.8 Å². The summed E-state index contributed by atoms with van der Waals surface area (Å²) in [6.45, 7) is 1.03. The lowest BCUT2D eigenvalue weighted by molar-refractivity contribution is -0.119. The number of aryl methyl sites for hydroxylation is 1. The standard InChI is InChI=1S/C20H22F2N4O4/c1-11-7-14(25-17(24-11)8-15(27)12-3-4-12)19(28)23-9-13-5-6-18(26-20(13)29-2)30-10-16(21)22/h5-7,12,16H,3-4,8-10H2,1-2H3,(H,23,28). The lowest BCUT2D eigenvalue weighted by Gasteiger charge is -2.11. The Bertz CT molecular complexity index is 935. The summed E-state index contributed by atoms with van der Waals surface area (Å²) in [4.78, 5) is 37.0. The quantitative estimate of drug-likeness (QED) is 0.629. The smallest absolute Gasteiger partial charge is 0.272 e. The summed E-state index contributed by atoms with van der Waals surface area (Å²) in [5.41, 5.74) is 1.28. The fourth-order valence-corrected chi connectivity index (χ4v) is 2.79. The number of hydrogen-bond donors (Lipinski definition) is 1. The van der Waals surface area contributed by atoms with Crippen LogP contribution >= 0.6 is 0 Å². The largest absolute Gasteiger partial charge is 0.481 e. The molecule has 0 atom stereocenters. The van der Waals surface area contributed by atoms with Crippen molar-refractivity contribution in [1.82, 2.24) is 20.3 Å². The second-order valence-corrected chi connectivity index (χ2v) is 6.93. The number of hydrogen-bond acceptors (Lipinski definition) is 7. The molecule has 1 saturated carbocycles. The number of amides is 1. The average Bonchev–Trinajstić information content (AvgIpc) is 3.55. The molecule has 0 spiro atoms. The number of carbonyl (C=O) groups excluding carboxylic acids is 2. The third-order valence-corrected chi connectivity index (χ3v) is 4.40. The highest BCUT2D eigenvalue weighted by Gasteiger charge is 2.30. The van der Waals surface area contributed by atoms with E-state index < -0.39 is 18.9 Å². The van der Waals surface area contributed by atoms with Gasteiger partial charge in [0.2, 0.25) is 11.8 Å². The fraction of sp³-hybridized carbons (Fsp3) is 0.450. The Labute approximate surface area is 172 Å². The molecular weight excluding hydrogens is 398 g/mol. The van der Waals surface area contributed by atoms with Crippen molar-refractivity contribution >= 4 is 11.7 Å². The number of nitrogens with one attached hydrogen (secondary N) is 1. The number of nitrogens with zero attached hydrogens (tertiary/aromatic N) is 3. The third-order valence-electron chi connectivity index (χ3n) is 4.40. The van der Waals surface area contributed by atoms with Crippen LogP contribution in [0.25, 0.3) is 0 Å². The lowest BCUT2D eigenvalue weighted by Crippen LogP contribution is -2.25. The Morgan fingerprint density at radius 3 is 2.67 bits per heavy atom. The molecular formula is C20H22F2N4O4. The van der Waals surface area contributed by atoms with Gasteiger partial charge >= 0.3 is 0 Å². The van der Waals surface area contributed by atoms with Gasteiger partial charge in [-0.1, -0.05) is 0 Å². The predicted molar refractivity (Wildman–Crippen MR) is 102 cm³/mol. The highest BCUT2D eigenvalue weighted by Crippen LogP contribution is 2.30. The van der Waals surface area contributed by atoms with Crippen LogP contribution in [0.3, 0.4) is 0 Å². The number of halogens is 2. The molecule has 1 amide bonds. The van der Waals surface area contributed by atoms with E-state index in [9.17, 15) is 18.4 Å². The molecule has 2 heterocycles. The van der Waals surface area contributed by atoms with Gasteiger partial charge in [-0.2, -0.15) is 4.98 Å². The van der Waals surface area contributed by atoms with Crippen LogP contribution in [-0.4, -0.2) is 46.8 Å². The van der Waals surface area contributed by atoms with Crippen LogP contribution in [0.2, 0.25) is 0 Å². The monoisotopic (exact) mass is 420 g/mol. The van der Waals surface area contributed by atoms with Gasteiger partial charge in [0, 0.05) is 29.8 Å². The molecule has 2 aromatic rings. The highest BCUT2D eigenvalue weighted by molar-refractivity contribution is 5.92. The van der Waals surface area contributed by atoms with E-state index in [-0.39, 0.29) is 42.1 Å². The van der Waals surface area contributed by atoms with Crippen LogP contribution in [-0.2, 0) is 17.8 Å². The summed E-state index contributed by atoms with van der Waals surface area (Å²) in [5.74, 6) is 0.226. The molecule has 0 aromatic carbocycles. The molecule has 1 fully saturated rings. The topological polar surface area (TPSA) is 103 Å². The molecule has 1 aliphatic carbocycles. The molecule has 0 bridgehead atoms. The molecule has 10 heteroatoms. The predicted octanol–water partition coefficient (Wildman–Crippen LogP) is 2.28. The number of methoxy groups -OCH3 is 1. The van der Waals surface area contributed by atoms with Gasteiger partial charge in [0.05, 0.1) is 13.5 Å². The Balaban J connectivity index is 1.64. The molecule has 0 radical (unpaired) electrons.